The maximum Gasteiger partial charge on any atom is 0.254 e. The van der Waals surface area contributed by atoms with Crippen LogP contribution in [0.3, 0.4) is 0 Å². The van der Waals surface area contributed by atoms with Crippen molar-refractivity contribution in [2.45, 2.75) is 33.1 Å². The fourth-order valence-electron chi connectivity index (χ4n) is 4.31. The molecule has 5 rings (SSSR count). The Labute approximate surface area is 170 Å². The molecule has 2 aliphatic rings. The minimum atomic E-state index is 0.657. The molecule has 0 atom stereocenters. The molecule has 0 saturated carbocycles. The van der Waals surface area contributed by atoms with Crippen molar-refractivity contribution in [3.8, 4) is 0 Å². The lowest BCUT2D eigenvalue weighted by molar-refractivity contribution is 0.570. The molecule has 9 heteroatoms. The van der Waals surface area contributed by atoms with Crippen molar-refractivity contribution in [1.29, 1.82) is 0 Å². The topological polar surface area (TPSA) is 78.6 Å². The van der Waals surface area contributed by atoms with Crippen molar-refractivity contribution in [2.24, 2.45) is 0 Å². The van der Waals surface area contributed by atoms with Crippen molar-refractivity contribution in [2.75, 3.05) is 54.0 Å². The van der Waals surface area contributed by atoms with E-state index in [2.05, 4.69) is 59.0 Å². The van der Waals surface area contributed by atoms with Crippen LogP contribution in [0, 0.1) is 13.8 Å². The van der Waals surface area contributed by atoms with Crippen LogP contribution in [0.5, 0.6) is 0 Å². The highest BCUT2D eigenvalue weighted by Gasteiger charge is 2.24. The zero-order valence-corrected chi connectivity index (χ0v) is 17.1. The summed E-state index contributed by atoms with van der Waals surface area (Å²) >= 11 is 0. The molecule has 2 fully saturated rings. The summed E-state index contributed by atoms with van der Waals surface area (Å²) < 4.78 is 1.85. The van der Waals surface area contributed by atoms with Gasteiger partial charge in [0, 0.05) is 50.5 Å². The van der Waals surface area contributed by atoms with Gasteiger partial charge in [-0.3, -0.25) is 0 Å². The van der Waals surface area contributed by atoms with Crippen LogP contribution in [-0.4, -0.2) is 69.0 Å². The van der Waals surface area contributed by atoms with E-state index >= 15 is 0 Å². The standard InChI is InChI=1S/C20H27N9/c1-15-16(2)23-20-21-14-22-29(20)19(15)28-12-10-27(11-13-28)18-7-6-17(24-25-18)26-8-4-3-5-9-26/h6-7,14H,3-5,8-13H2,1-2H3. The SMILES string of the molecule is Cc1nc2ncnn2c(N2CCN(c3ccc(N4CCCCC4)nn3)CC2)c1C. The lowest BCUT2D eigenvalue weighted by Crippen LogP contribution is -2.47. The number of aromatic nitrogens is 6. The summed E-state index contributed by atoms with van der Waals surface area (Å²) in [4.78, 5) is 15.8. The van der Waals surface area contributed by atoms with Gasteiger partial charge in [0.1, 0.15) is 12.1 Å². The molecule has 152 valence electrons. The second-order valence-electron chi connectivity index (χ2n) is 7.89. The molecule has 0 amide bonds. The number of fused-ring (bicyclic) bond motifs is 1. The first-order chi connectivity index (χ1) is 14.2. The summed E-state index contributed by atoms with van der Waals surface area (Å²) in [5.41, 5.74) is 2.16. The van der Waals surface area contributed by atoms with Crippen molar-refractivity contribution < 1.29 is 0 Å². The smallest absolute Gasteiger partial charge is 0.254 e. The molecule has 9 nitrogen and oxygen atoms in total. The molecule has 3 aromatic heterocycles. The van der Waals surface area contributed by atoms with Gasteiger partial charge in [-0.05, 0) is 45.2 Å². The van der Waals surface area contributed by atoms with Crippen molar-refractivity contribution in [1.82, 2.24) is 29.8 Å². The highest BCUT2D eigenvalue weighted by Crippen LogP contribution is 2.25. The highest BCUT2D eigenvalue weighted by molar-refractivity contribution is 5.55. The summed E-state index contributed by atoms with van der Waals surface area (Å²) in [7, 11) is 0. The van der Waals surface area contributed by atoms with Crippen LogP contribution < -0.4 is 14.7 Å². The molecule has 0 radical (unpaired) electrons. The zero-order chi connectivity index (χ0) is 19.8. The number of anilines is 3. The Hall–Kier alpha value is -2.97. The van der Waals surface area contributed by atoms with Crippen LogP contribution in [-0.2, 0) is 0 Å². The fraction of sp³-hybridized carbons (Fsp3) is 0.550. The molecule has 0 unspecified atom stereocenters. The molecule has 0 aliphatic carbocycles. The van der Waals surface area contributed by atoms with Crippen molar-refractivity contribution in [3.63, 3.8) is 0 Å². The van der Waals surface area contributed by atoms with Gasteiger partial charge in [-0.15, -0.1) is 10.2 Å². The van der Waals surface area contributed by atoms with E-state index in [1.165, 1.54) is 19.3 Å². The Balaban J connectivity index is 1.30. The molecular formula is C20H27N9. The Morgan fingerprint density at radius 1 is 0.759 bits per heavy atom. The Morgan fingerprint density at radius 3 is 2.03 bits per heavy atom. The van der Waals surface area contributed by atoms with Crippen LogP contribution in [0.15, 0.2) is 18.5 Å². The highest BCUT2D eigenvalue weighted by atomic mass is 15.4. The van der Waals surface area contributed by atoms with E-state index in [0.717, 1.165) is 68.0 Å². The molecule has 0 aromatic carbocycles. The minimum Gasteiger partial charge on any atom is -0.355 e. The third-order valence-corrected chi connectivity index (χ3v) is 6.10. The second-order valence-corrected chi connectivity index (χ2v) is 7.89. The van der Waals surface area contributed by atoms with Gasteiger partial charge in [0.05, 0.1) is 0 Å². The zero-order valence-electron chi connectivity index (χ0n) is 17.1. The normalized spacial score (nSPS) is 17.9. The van der Waals surface area contributed by atoms with Gasteiger partial charge in [-0.1, -0.05) is 0 Å². The largest absolute Gasteiger partial charge is 0.355 e. The van der Waals surface area contributed by atoms with Crippen molar-refractivity contribution >= 4 is 23.2 Å². The number of hydrogen-bond donors (Lipinski definition) is 0. The first-order valence-corrected chi connectivity index (χ1v) is 10.5. The van der Waals surface area contributed by atoms with Crippen LogP contribution in [0.4, 0.5) is 17.5 Å². The van der Waals surface area contributed by atoms with Crippen LogP contribution >= 0.6 is 0 Å². The van der Waals surface area contributed by atoms with E-state index in [1.807, 2.05) is 11.4 Å². The first kappa shape index (κ1) is 18.1. The Kier molecular flexibility index (Phi) is 4.65. The third-order valence-electron chi connectivity index (χ3n) is 6.10. The molecule has 2 aliphatic heterocycles. The summed E-state index contributed by atoms with van der Waals surface area (Å²) in [6.07, 6.45) is 5.39. The molecular weight excluding hydrogens is 366 g/mol. The van der Waals surface area contributed by atoms with Gasteiger partial charge in [0.25, 0.3) is 5.78 Å². The molecule has 2 saturated heterocycles. The quantitative estimate of drug-likeness (QED) is 0.667. The van der Waals surface area contributed by atoms with Crippen LogP contribution in [0.1, 0.15) is 30.5 Å². The van der Waals surface area contributed by atoms with E-state index in [-0.39, 0.29) is 0 Å². The number of aryl methyl sites for hydroxylation is 1. The molecule has 0 bridgehead atoms. The maximum atomic E-state index is 4.53. The van der Waals surface area contributed by atoms with Gasteiger partial charge in [0.15, 0.2) is 11.6 Å². The molecule has 0 spiro atoms. The average Bonchev–Trinajstić information content (AvgIpc) is 3.23. The summed E-state index contributed by atoms with van der Waals surface area (Å²) in [6, 6.07) is 4.24. The van der Waals surface area contributed by atoms with E-state index in [9.17, 15) is 0 Å². The van der Waals surface area contributed by atoms with E-state index in [0.29, 0.717) is 5.78 Å². The van der Waals surface area contributed by atoms with E-state index in [1.54, 1.807) is 6.33 Å². The molecule has 5 heterocycles. The third kappa shape index (κ3) is 3.34. The second kappa shape index (κ2) is 7.46. The summed E-state index contributed by atoms with van der Waals surface area (Å²) in [5, 5.41) is 13.4. The average molecular weight is 393 g/mol. The maximum absolute atomic E-state index is 4.53. The van der Waals surface area contributed by atoms with Crippen molar-refractivity contribution in [3.05, 3.63) is 29.7 Å². The van der Waals surface area contributed by atoms with Gasteiger partial charge in [0.2, 0.25) is 0 Å². The Bertz CT molecular complexity index is 983. The summed E-state index contributed by atoms with van der Waals surface area (Å²) in [5.74, 6) is 3.71. The predicted octanol–water partition coefficient (Wildman–Crippen LogP) is 1.85. The fourth-order valence-corrected chi connectivity index (χ4v) is 4.31. The predicted molar refractivity (Wildman–Crippen MR) is 113 cm³/mol. The molecule has 3 aromatic rings. The monoisotopic (exact) mass is 393 g/mol. The molecule has 29 heavy (non-hydrogen) atoms. The van der Waals surface area contributed by atoms with Gasteiger partial charge < -0.3 is 14.7 Å². The molecule has 0 N–H and O–H groups in total. The first-order valence-electron chi connectivity index (χ1n) is 10.5. The lowest BCUT2D eigenvalue weighted by atomic mass is 10.1. The van der Waals surface area contributed by atoms with E-state index in [4.69, 9.17) is 0 Å². The minimum absolute atomic E-state index is 0.657. The van der Waals surface area contributed by atoms with Gasteiger partial charge >= 0.3 is 0 Å². The number of piperazine rings is 1. The van der Waals surface area contributed by atoms with Gasteiger partial charge in [-0.25, -0.2) is 4.98 Å². The van der Waals surface area contributed by atoms with E-state index < -0.39 is 0 Å². The lowest BCUT2D eigenvalue weighted by Gasteiger charge is -2.37. The summed E-state index contributed by atoms with van der Waals surface area (Å²) in [6.45, 7) is 9.91. The number of piperidine rings is 1. The number of nitrogens with zero attached hydrogens (tertiary/aromatic N) is 9. The van der Waals surface area contributed by atoms with Crippen LogP contribution in [0.2, 0.25) is 0 Å². The number of rotatable bonds is 3. The Morgan fingerprint density at radius 2 is 1.38 bits per heavy atom. The van der Waals surface area contributed by atoms with Crippen LogP contribution in [0.25, 0.3) is 5.78 Å². The van der Waals surface area contributed by atoms with Gasteiger partial charge in [-0.2, -0.15) is 14.6 Å². The number of hydrogen-bond acceptors (Lipinski definition) is 8.